The van der Waals surface area contributed by atoms with E-state index in [2.05, 4.69) is 5.10 Å². The molecule has 4 nitrogen and oxygen atoms in total. The molecule has 0 atom stereocenters. The van der Waals surface area contributed by atoms with Gasteiger partial charge >= 0.3 is 7.05 Å². The zero-order chi connectivity index (χ0) is 14.1. The van der Waals surface area contributed by atoms with Crippen molar-refractivity contribution < 1.29 is 9.82 Å². The maximum Gasteiger partial charge on any atom is 0.474 e. The predicted molar refractivity (Wildman–Crippen MR) is 79.3 cm³/mol. The Hall–Kier alpha value is -2.11. The molecule has 0 spiro atoms. The van der Waals surface area contributed by atoms with Gasteiger partial charge in [-0.2, -0.15) is 5.10 Å². The summed E-state index contributed by atoms with van der Waals surface area (Å²) in [7, 11) is -1.11. The first kappa shape index (κ1) is 12.9. The van der Waals surface area contributed by atoms with Crippen molar-refractivity contribution in [3.63, 3.8) is 0 Å². The molecule has 2 aromatic carbocycles. The average molecular weight is 285 g/mol. The van der Waals surface area contributed by atoms with Gasteiger partial charge in [-0.25, -0.2) is 4.92 Å². The molecule has 98 valence electrons. The Morgan fingerprint density at radius 3 is 2.70 bits per heavy atom. The van der Waals surface area contributed by atoms with Crippen molar-refractivity contribution in [2.75, 3.05) is 0 Å². The van der Waals surface area contributed by atoms with Gasteiger partial charge in [-0.3, -0.25) is 4.79 Å². The Labute approximate surface area is 121 Å². The van der Waals surface area contributed by atoms with Gasteiger partial charge in [0.2, 0.25) is 0 Å². The van der Waals surface area contributed by atoms with Crippen LogP contribution in [0.1, 0.15) is 15.9 Å². The molecule has 0 aromatic heterocycles. The van der Waals surface area contributed by atoms with Gasteiger partial charge in [0, 0.05) is 10.6 Å². The molecule has 1 amide bonds. The van der Waals surface area contributed by atoms with Crippen LogP contribution in [0.15, 0.2) is 53.6 Å². The Kier molecular flexibility index (Phi) is 3.30. The summed E-state index contributed by atoms with van der Waals surface area (Å²) in [6.45, 7) is 0. The lowest BCUT2D eigenvalue weighted by Gasteiger charge is -2.25. The van der Waals surface area contributed by atoms with E-state index in [1.54, 1.807) is 42.5 Å². The summed E-state index contributed by atoms with van der Waals surface area (Å²) < 4.78 is 0. The molecule has 2 aromatic rings. The molecule has 0 saturated carbocycles. The van der Waals surface area contributed by atoms with Gasteiger partial charge < -0.3 is 5.02 Å². The number of rotatable bonds is 1. The highest BCUT2D eigenvalue weighted by Gasteiger charge is 2.33. The van der Waals surface area contributed by atoms with E-state index in [1.165, 1.54) is 6.21 Å². The largest absolute Gasteiger partial charge is 0.474 e. The van der Waals surface area contributed by atoms with Crippen molar-refractivity contribution in [1.29, 1.82) is 0 Å². The quantitative estimate of drug-likeness (QED) is 0.807. The Bertz CT molecular complexity index is 691. The van der Waals surface area contributed by atoms with Crippen LogP contribution in [0.4, 0.5) is 0 Å². The van der Waals surface area contributed by atoms with Gasteiger partial charge in [-0.05, 0) is 35.3 Å². The number of nitrogens with zero attached hydrogens (tertiary/aromatic N) is 2. The monoisotopic (exact) mass is 284 g/mol. The lowest BCUT2D eigenvalue weighted by atomic mass is 9.69. The molecule has 0 saturated heterocycles. The second-order valence-corrected chi connectivity index (χ2v) is 4.84. The van der Waals surface area contributed by atoms with E-state index < -0.39 is 7.05 Å². The van der Waals surface area contributed by atoms with Crippen LogP contribution < -0.4 is 5.46 Å². The Balaban J connectivity index is 1.95. The fourth-order valence-electron chi connectivity index (χ4n) is 2.09. The molecular formula is C14H10BClN2O2. The van der Waals surface area contributed by atoms with Crippen LogP contribution in [0.2, 0.25) is 5.02 Å². The fraction of sp³-hybridized carbons (Fsp3) is 0. The topological polar surface area (TPSA) is 52.9 Å². The number of carbonyl (C=O) groups is 1. The predicted octanol–water partition coefficient (Wildman–Crippen LogP) is 1.52. The van der Waals surface area contributed by atoms with Crippen LogP contribution in [0.3, 0.4) is 0 Å². The summed E-state index contributed by atoms with van der Waals surface area (Å²) in [6.07, 6.45) is 1.52. The van der Waals surface area contributed by atoms with Crippen molar-refractivity contribution in [3.8, 4) is 0 Å². The minimum atomic E-state index is -1.11. The number of halogens is 1. The van der Waals surface area contributed by atoms with Gasteiger partial charge in [0.15, 0.2) is 0 Å². The van der Waals surface area contributed by atoms with Crippen molar-refractivity contribution in [1.82, 2.24) is 4.92 Å². The van der Waals surface area contributed by atoms with Crippen molar-refractivity contribution in [2.45, 2.75) is 0 Å². The number of benzene rings is 2. The fourth-order valence-corrected chi connectivity index (χ4v) is 2.27. The summed E-state index contributed by atoms with van der Waals surface area (Å²) in [5.74, 6) is -0.352. The summed E-state index contributed by atoms with van der Waals surface area (Å²) >= 11 is 5.90. The second-order valence-electron chi connectivity index (χ2n) is 4.41. The van der Waals surface area contributed by atoms with E-state index in [0.717, 1.165) is 4.92 Å². The van der Waals surface area contributed by atoms with E-state index in [9.17, 15) is 9.82 Å². The third-order valence-corrected chi connectivity index (χ3v) is 3.34. The van der Waals surface area contributed by atoms with E-state index >= 15 is 0 Å². The maximum absolute atomic E-state index is 12.3. The first-order valence-electron chi connectivity index (χ1n) is 6.07. The molecule has 1 heterocycles. The number of fused-ring (bicyclic) bond motifs is 1. The smallest absolute Gasteiger partial charge is 0.427 e. The van der Waals surface area contributed by atoms with Crippen LogP contribution in [0, 0.1) is 0 Å². The zero-order valence-corrected chi connectivity index (χ0v) is 11.2. The number of hydrogen-bond donors (Lipinski definition) is 1. The van der Waals surface area contributed by atoms with Gasteiger partial charge in [0.1, 0.15) is 0 Å². The van der Waals surface area contributed by atoms with E-state index in [1.807, 2.05) is 6.07 Å². The van der Waals surface area contributed by atoms with Crippen molar-refractivity contribution in [2.24, 2.45) is 5.10 Å². The van der Waals surface area contributed by atoms with Crippen LogP contribution in [0.5, 0.6) is 0 Å². The van der Waals surface area contributed by atoms with Crippen molar-refractivity contribution in [3.05, 3.63) is 64.7 Å². The normalized spacial score (nSPS) is 13.3. The van der Waals surface area contributed by atoms with E-state index in [4.69, 9.17) is 11.6 Å². The van der Waals surface area contributed by atoms with Gasteiger partial charge in [-0.1, -0.05) is 35.9 Å². The molecule has 1 aliphatic rings. The lowest BCUT2D eigenvalue weighted by molar-refractivity contribution is 0.0846. The highest BCUT2D eigenvalue weighted by Crippen LogP contribution is 2.14. The third-order valence-electron chi connectivity index (χ3n) is 3.11. The molecule has 0 aliphatic carbocycles. The van der Waals surface area contributed by atoms with Gasteiger partial charge in [-0.15, -0.1) is 0 Å². The minimum Gasteiger partial charge on any atom is -0.427 e. The third kappa shape index (κ3) is 2.22. The summed E-state index contributed by atoms with van der Waals surface area (Å²) in [5.41, 5.74) is 1.79. The molecule has 0 bridgehead atoms. The first-order chi connectivity index (χ1) is 9.66. The highest BCUT2D eigenvalue weighted by atomic mass is 35.5. The molecule has 0 radical (unpaired) electrons. The number of hydrogen-bond acceptors (Lipinski definition) is 3. The van der Waals surface area contributed by atoms with E-state index in [-0.39, 0.29) is 5.91 Å². The van der Waals surface area contributed by atoms with Crippen molar-refractivity contribution >= 4 is 36.2 Å². The SMILES string of the molecule is O=C(c1ccccc1)N1N=Cc2cc(Cl)ccc2B1O. The number of hydrazone groups is 1. The number of amides is 1. The van der Waals surface area contributed by atoms with E-state index in [0.29, 0.717) is 21.6 Å². The highest BCUT2D eigenvalue weighted by molar-refractivity contribution is 6.68. The molecule has 3 rings (SSSR count). The summed E-state index contributed by atoms with van der Waals surface area (Å²) in [6, 6.07) is 13.8. The molecule has 1 aliphatic heterocycles. The molecule has 1 N–H and O–H groups in total. The lowest BCUT2D eigenvalue weighted by Crippen LogP contribution is -2.52. The number of carbonyl (C=O) groups excluding carboxylic acids is 1. The van der Waals surface area contributed by atoms with Crippen LogP contribution in [0.25, 0.3) is 0 Å². The van der Waals surface area contributed by atoms with Crippen LogP contribution >= 0.6 is 11.6 Å². The first-order valence-corrected chi connectivity index (χ1v) is 6.45. The van der Waals surface area contributed by atoms with Crippen LogP contribution in [-0.4, -0.2) is 29.1 Å². The molecular weight excluding hydrogens is 274 g/mol. The Morgan fingerprint density at radius 2 is 1.95 bits per heavy atom. The summed E-state index contributed by atoms with van der Waals surface area (Å²) in [5, 5.41) is 14.9. The van der Waals surface area contributed by atoms with Crippen LogP contribution in [-0.2, 0) is 0 Å². The average Bonchev–Trinajstić information content (AvgIpc) is 2.48. The van der Waals surface area contributed by atoms with Gasteiger partial charge in [0.25, 0.3) is 5.91 Å². The standard InChI is InChI=1S/C14H10BClN2O2/c16-12-6-7-13-11(8-12)9-17-18(15(13)20)14(19)10-4-2-1-3-5-10/h1-9,20H. The Morgan fingerprint density at radius 1 is 1.20 bits per heavy atom. The zero-order valence-electron chi connectivity index (χ0n) is 10.4. The molecule has 0 unspecified atom stereocenters. The minimum absolute atomic E-state index is 0.352. The molecule has 6 heteroatoms. The summed E-state index contributed by atoms with van der Waals surface area (Å²) in [4.78, 5) is 13.4. The maximum atomic E-state index is 12.3. The second kappa shape index (κ2) is 5.11. The van der Waals surface area contributed by atoms with Gasteiger partial charge in [0.05, 0.1) is 6.21 Å². The molecule has 20 heavy (non-hydrogen) atoms. The molecule has 0 fully saturated rings.